The molecule has 2 atom stereocenters. The number of carbonyl (C=O) groups excluding carboxylic acids is 2. The Morgan fingerprint density at radius 1 is 1.23 bits per heavy atom. The van der Waals surface area contributed by atoms with Crippen molar-refractivity contribution in [2.75, 3.05) is 0 Å². The fourth-order valence-electron chi connectivity index (χ4n) is 4.09. The van der Waals surface area contributed by atoms with E-state index in [0.717, 1.165) is 19.1 Å². The Bertz CT molecular complexity index is 1040. The van der Waals surface area contributed by atoms with Crippen molar-refractivity contribution in [2.24, 2.45) is 5.92 Å². The maximum Gasteiger partial charge on any atom is 0.254 e. The fraction of sp³-hybridized carbons (Fsp3) is 0.333. The molecule has 1 amide bonds. The molecule has 0 spiro atoms. The van der Waals surface area contributed by atoms with E-state index in [0.29, 0.717) is 28.0 Å². The Labute approximate surface area is 174 Å². The number of nitrogens with zero attached hydrogens (tertiary/aromatic N) is 1. The lowest BCUT2D eigenvalue weighted by molar-refractivity contribution is -0.116. The third-order valence-corrected chi connectivity index (χ3v) is 5.88. The first-order chi connectivity index (χ1) is 14.4. The number of allylic oxidation sites excluding steroid dienone is 1. The second-order valence-corrected chi connectivity index (χ2v) is 8.04. The highest BCUT2D eigenvalue weighted by Crippen LogP contribution is 2.42. The van der Waals surface area contributed by atoms with Crippen LogP contribution < -0.4 is 10.6 Å². The normalized spacial score (nSPS) is 17.6. The van der Waals surface area contributed by atoms with Crippen LogP contribution in [0.2, 0.25) is 0 Å². The van der Waals surface area contributed by atoms with Gasteiger partial charge in [0.2, 0.25) is 0 Å². The Kier molecular flexibility index (Phi) is 5.41. The summed E-state index contributed by atoms with van der Waals surface area (Å²) in [5, 5.41) is 7.38. The monoisotopic (exact) mass is 409 g/mol. The highest BCUT2D eigenvalue weighted by atomic mass is 19.1. The number of hydrogen-bond acceptors (Lipinski definition) is 2. The van der Waals surface area contributed by atoms with Gasteiger partial charge in [0.1, 0.15) is 17.9 Å². The predicted molar refractivity (Wildman–Crippen MR) is 109 cm³/mol. The van der Waals surface area contributed by atoms with E-state index in [2.05, 4.69) is 10.6 Å². The lowest BCUT2D eigenvalue weighted by Gasteiger charge is -2.27. The highest BCUT2D eigenvalue weighted by Gasteiger charge is 2.36. The van der Waals surface area contributed by atoms with Crippen LogP contribution in [0.3, 0.4) is 0 Å². The molecule has 1 N–H and O–H groups in total. The molecule has 30 heavy (non-hydrogen) atoms. The van der Waals surface area contributed by atoms with Gasteiger partial charge in [-0.1, -0.05) is 25.1 Å². The van der Waals surface area contributed by atoms with Gasteiger partial charge in [-0.25, -0.2) is 8.78 Å². The average molecular weight is 409 g/mol. The second-order valence-electron chi connectivity index (χ2n) is 8.04. The summed E-state index contributed by atoms with van der Waals surface area (Å²) in [6.45, 7) is 3.56. The fourth-order valence-corrected chi connectivity index (χ4v) is 4.09. The number of carbonyl (C=O) groups is 2. The van der Waals surface area contributed by atoms with Crippen LogP contribution in [0.25, 0.3) is 5.57 Å². The first-order valence-corrected chi connectivity index (χ1v) is 10.1. The molecule has 0 bridgehead atoms. The summed E-state index contributed by atoms with van der Waals surface area (Å²) in [7, 11) is 0. The summed E-state index contributed by atoms with van der Waals surface area (Å²) < 4.78 is 28.3. The zero-order valence-corrected chi connectivity index (χ0v) is 16.9. The minimum atomic E-state index is -0.490. The number of aldehydes is 1. The van der Waals surface area contributed by atoms with Crippen molar-refractivity contribution in [1.29, 1.82) is 0 Å². The number of halogens is 2. The molecule has 1 unspecified atom stereocenters. The Morgan fingerprint density at radius 3 is 2.67 bits per heavy atom. The minimum Gasteiger partial charge on any atom is -0.345 e. The first-order valence-electron chi connectivity index (χ1n) is 10.1. The summed E-state index contributed by atoms with van der Waals surface area (Å²) >= 11 is 0. The molecule has 4 nitrogen and oxygen atoms in total. The zero-order valence-electron chi connectivity index (χ0n) is 16.9. The molecular formula is C24H23F2N2O2. The molecule has 2 aromatic rings. The second kappa shape index (κ2) is 8.01. The quantitative estimate of drug-likeness (QED) is 0.720. The van der Waals surface area contributed by atoms with Gasteiger partial charge in [0.05, 0.1) is 18.2 Å². The molecule has 1 heterocycles. The number of hydrogen-bond donors (Lipinski definition) is 1. The third kappa shape index (κ3) is 3.74. The van der Waals surface area contributed by atoms with Crippen LogP contribution in [0.15, 0.2) is 42.1 Å². The molecule has 2 aromatic carbocycles. The molecule has 1 radical (unpaired) electrons. The van der Waals surface area contributed by atoms with Gasteiger partial charge in [-0.15, -0.1) is 0 Å². The van der Waals surface area contributed by atoms with E-state index >= 15 is 0 Å². The minimum absolute atomic E-state index is 0.124. The van der Waals surface area contributed by atoms with Crippen LogP contribution >= 0.6 is 0 Å². The predicted octanol–water partition coefficient (Wildman–Crippen LogP) is 4.38. The van der Waals surface area contributed by atoms with Crippen molar-refractivity contribution in [3.8, 4) is 0 Å². The SMILES string of the molecule is CC1=C(C(=O)N[C@H](c2cccc(F)c2)C2CC2)c2c(C(C)C=O)ccc(F)c2C[N]1. The van der Waals surface area contributed by atoms with Gasteiger partial charge in [-0.2, -0.15) is 0 Å². The molecule has 1 aliphatic carbocycles. The summed E-state index contributed by atoms with van der Waals surface area (Å²) in [4.78, 5) is 24.9. The maximum absolute atomic E-state index is 14.5. The van der Waals surface area contributed by atoms with Gasteiger partial charge >= 0.3 is 0 Å². The third-order valence-electron chi connectivity index (χ3n) is 5.88. The number of benzene rings is 2. The van der Waals surface area contributed by atoms with Crippen molar-refractivity contribution >= 4 is 17.8 Å². The van der Waals surface area contributed by atoms with Crippen LogP contribution in [0, 0.1) is 17.6 Å². The lowest BCUT2D eigenvalue weighted by Crippen LogP contribution is -2.33. The lowest BCUT2D eigenvalue weighted by atomic mass is 9.85. The molecule has 1 saturated carbocycles. The van der Waals surface area contributed by atoms with E-state index in [4.69, 9.17) is 0 Å². The first kappa shape index (κ1) is 20.3. The summed E-state index contributed by atoms with van der Waals surface area (Å²) in [6, 6.07) is 8.77. The molecule has 155 valence electrons. The van der Waals surface area contributed by atoms with Gasteiger partial charge in [-0.3, -0.25) is 10.1 Å². The molecular weight excluding hydrogens is 386 g/mol. The standard InChI is InChI=1S/C24H23F2N2O2/c1-13(12-29)18-8-9-20(26)19-11-27-14(2)21(22(18)19)24(30)28-23(15-6-7-15)16-4-3-5-17(25)10-16/h3-5,8-10,12-13,15,23H,6-7,11H2,1-2H3,(H,28,30)/t13?,23-/m0/s1. The van der Waals surface area contributed by atoms with Crippen molar-refractivity contribution in [1.82, 2.24) is 10.6 Å². The van der Waals surface area contributed by atoms with Crippen LogP contribution in [0.1, 0.15) is 60.9 Å². The molecule has 1 aliphatic heterocycles. The molecule has 6 heteroatoms. The zero-order chi connectivity index (χ0) is 21.4. The van der Waals surface area contributed by atoms with Gasteiger partial charge in [0, 0.05) is 22.7 Å². The number of nitrogens with one attached hydrogen (secondary N) is 1. The smallest absolute Gasteiger partial charge is 0.254 e. The molecule has 1 fully saturated rings. The van der Waals surface area contributed by atoms with E-state index in [9.17, 15) is 18.4 Å². The van der Waals surface area contributed by atoms with Gasteiger partial charge in [-0.05, 0) is 55.0 Å². The molecule has 2 aliphatic rings. The Hall–Kier alpha value is -3.02. The molecule has 0 aromatic heterocycles. The molecule has 0 saturated heterocycles. The van der Waals surface area contributed by atoms with Crippen LogP contribution in [0.5, 0.6) is 0 Å². The average Bonchev–Trinajstić information content (AvgIpc) is 3.56. The topological polar surface area (TPSA) is 60.3 Å². The van der Waals surface area contributed by atoms with Gasteiger partial charge < -0.3 is 10.1 Å². The van der Waals surface area contributed by atoms with E-state index in [1.54, 1.807) is 32.0 Å². The van der Waals surface area contributed by atoms with Crippen LogP contribution in [-0.4, -0.2) is 12.2 Å². The van der Waals surface area contributed by atoms with Gasteiger partial charge in [0.15, 0.2) is 0 Å². The maximum atomic E-state index is 14.5. The van der Waals surface area contributed by atoms with Crippen LogP contribution in [0.4, 0.5) is 8.78 Å². The highest BCUT2D eigenvalue weighted by molar-refractivity contribution is 6.21. The van der Waals surface area contributed by atoms with Crippen molar-refractivity contribution in [3.63, 3.8) is 0 Å². The van der Waals surface area contributed by atoms with E-state index in [1.165, 1.54) is 18.2 Å². The number of rotatable bonds is 6. The van der Waals surface area contributed by atoms with Gasteiger partial charge in [0.25, 0.3) is 5.91 Å². The van der Waals surface area contributed by atoms with Crippen molar-refractivity contribution in [3.05, 3.63) is 76.0 Å². The number of fused-ring (bicyclic) bond motifs is 1. The summed E-state index contributed by atoms with van der Waals surface area (Å²) in [6.07, 6.45) is 2.68. The molecule has 4 rings (SSSR count). The Morgan fingerprint density at radius 2 is 2.00 bits per heavy atom. The van der Waals surface area contributed by atoms with Crippen LogP contribution in [-0.2, 0) is 16.1 Å². The van der Waals surface area contributed by atoms with Crippen molar-refractivity contribution in [2.45, 2.75) is 45.2 Å². The van der Waals surface area contributed by atoms with E-state index < -0.39 is 11.7 Å². The van der Waals surface area contributed by atoms with Crippen molar-refractivity contribution < 1.29 is 18.4 Å². The van der Waals surface area contributed by atoms with E-state index in [1.807, 2.05) is 0 Å². The Balaban J connectivity index is 1.74. The number of amides is 1. The largest absolute Gasteiger partial charge is 0.345 e. The van der Waals surface area contributed by atoms with E-state index in [-0.39, 0.29) is 35.8 Å². The summed E-state index contributed by atoms with van der Waals surface area (Å²) in [5.41, 5.74) is 2.87. The summed E-state index contributed by atoms with van der Waals surface area (Å²) in [5.74, 6) is -1.45.